The second-order valence-corrected chi connectivity index (χ2v) is 5.14. The van der Waals surface area contributed by atoms with Gasteiger partial charge in [0.25, 0.3) is 0 Å². The zero-order chi connectivity index (χ0) is 13.9. The van der Waals surface area contributed by atoms with Gasteiger partial charge in [-0.1, -0.05) is 18.2 Å². The topological polar surface area (TPSA) is 45.6 Å². The third-order valence-electron chi connectivity index (χ3n) is 3.54. The molecule has 1 saturated heterocycles. The molecule has 0 bridgehead atoms. The molecule has 0 aliphatic carbocycles. The highest BCUT2D eigenvalue weighted by Gasteiger charge is 2.25. The second-order valence-electron chi connectivity index (χ2n) is 5.14. The number of para-hydroxylation sites is 2. The molecule has 2 heterocycles. The van der Waals surface area contributed by atoms with E-state index < -0.39 is 0 Å². The van der Waals surface area contributed by atoms with Crippen molar-refractivity contribution in [3.63, 3.8) is 0 Å². The maximum atomic E-state index is 9.88. The Labute approximate surface area is 118 Å². The van der Waals surface area contributed by atoms with Crippen LogP contribution in [0.1, 0.15) is 12.0 Å². The highest BCUT2D eigenvalue weighted by molar-refractivity contribution is 5.58. The third kappa shape index (κ3) is 2.69. The Bertz CT molecular complexity index is 583. The highest BCUT2D eigenvalue weighted by Crippen LogP contribution is 2.30. The minimum Gasteiger partial charge on any atom is -0.506 e. The first kappa shape index (κ1) is 12.8. The summed E-state index contributed by atoms with van der Waals surface area (Å²) < 4.78 is 5.89. The minimum absolute atomic E-state index is 0.116. The van der Waals surface area contributed by atoms with Crippen LogP contribution in [0.5, 0.6) is 11.6 Å². The molecule has 1 N–H and O–H groups in total. The number of rotatable bonds is 3. The molecule has 0 unspecified atom stereocenters. The van der Waals surface area contributed by atoms with E-state index in [0.29, 0.717) is 11.6 Å². The lowest BCUT2D eigenvalue weighted by atomic mass is 10.3. The molecule has 2 aromatic rings. The molecule has 0 amide bonds. The van der Waals surface area contributed by atoms with Gasteiger partial charge in [0, 0.05) is 25.2 Å². The Morgan fingerprint density at radius 1 is 1.25 bits per heavy atom. The van der Waals surface area contributed by atoms with Crippen molar-refractivity contribution in [1.82, 2.24) is 4.98 Å². The van der Waals surface area contributed by atoms with Crippen molar-refractivity contribution in [2.75, 3.05) is 18.0 Å². The standard InChI is InChI=1S/C16H18N2O2/c1-12-6-7-16(17-10-12)20-13-8-9-18(11-13)14-4-2-3-5-15(14)19/h2-7,10,13,19H,8-9,11H2,1H3/t13-/m0/s1. The molecule has 4 nitrogen and oxygen atoms in total. The number of hydrogen-bond acceptors (Lipinski definition) is 4. The van der Waals surface area contributed by atoms with Gasteiger partial charge in [-0.15, -0.1) is 0 Å². The van der Waals surface area contributed by atoms with E-state index in [9.17, 15) is 5.11 Å². The molecule has 4 heteroatoms. The Morgan fingerprint density at radius 3 is 2.85 bits per heavy atom. The van der Waals surface area contributed by atoms with Gasteiger partial charge in [0.1, 0.15) is 11.9 Å². The third-order valence-corrected chi connectivity index (χ3v) is 3.54. The molecule has 0 radical (unpaired) electrons. The van der Waals surface area contributed by atoms with Crippen molar-refractivity contribution in [3.8, 4) is 11.6 Å². The number of anilines is 1. The van der Waals surface area contributed by atoms with Gasteiger partial charge in [-0.25, -0.2) is 4.98 Å². The fourth-order valence-corrected chi connectivity index (χ4v) is 2.47. The van der Waals surface area contributed by atoms with E-state index in [1.807, 2.05) is 43.5 Å². The molecule has 1 fully saturated rings. The first-order valence-corrected chi connectivity index (χ1v) is 6.84. The zero-order valence-electron chi connectivity index (χ0n) is 11.5. The molecule has 1 aromatic carbocycles. The summed E-state index contributed by atoms with van der Waals surface area (Å²) in [6.07, 6.45) is 2.86. The molecule has 1 aromatic heterocycles. The first-order chi connectivity index (χ1) is 9.72. The van der Waals surface area contributed by atoms with Gasteiger partial charge in [0.2, 0.25) is 5.88 Å². The molecule has 20 heavy (non-hydrogen) atoms. The summed E-state index contributed by atoms with van der Waals surface area (Å²) in [6.45, 7) is 3.66. The monoisotopic (exact) mass is 270 g/mol. The maximum Gasteiger partial charge on any atom is 0.213 e. The van der Waals surface area contributed by atoms with Crippen molar-refractivity contribution < 1.29 is 9.84 Å². The van der Waals surface area contributed by atoms with Crippen LogP contribution < -0.4 is 9.64 Å². The normalized spacial score (nSPS) is 18.2. The van der Waals surface area contributed by atoms with Gasteiger partial charge in [0.15, 0.2) is 0 Å². The Kier molecular flexibility index (Phi) is 3.46. The number of aryl methyl sites for hydroxylation is 1. The summed E-state index contributed by atoms with van der Waals surface area (Å²) in [5, 5.41) is 9.88. The van der Waals surface area contributed by atoms with Gasteiger partial charge >= 0.3 is 0 Å². The molecule has 104 valence electrons. The average Bonchev–Trinajstić information content (AvgIpc) is 2.90. The van der Waals surface area contributed by atoms with Gasteiger partial charge < -0.3 is 14.7 Å². The molecular weight excluding hydrogens is 252 g/mol. The Balaban J connectivity index is 1.65. The molecule has 3 rings (SSSR count). The number of nitrogens with zero attached hydrogens (tertiary/aromatic N) is 2. The van der Waals surface area contributed by atoms with Crippen LogP contribution in [0.3, 0.4) is 0 Å². The van der Waals surface area contributed by atoms with E-state index in [4.69, 9.17) is 4.74 Å². The fraction of sp³-hybridized carbons (Fsp3) is 0.312. The number of aromatic hydroxyl groups is 1. The van der Waals surface area contributed by atoms with Crippen LogP contribution >= 0.6 is 0 Å². The largest absolute Gasteiger partial charge is 0.506 e. The van der Waals surface area contributed by atoms with Crippen LogP contribution in [0.4, 0.5) is 5.69 Å². The number of ether oxygens (including phenoxy) is 1. The lowest BCUT2D eigenvalue weighted by Crippen LogP contribution is -2.24. The van der Waals surface area contributed by atoms with Crippen LogP contribution in [0.25, 0.3) is 0 Å². The van der Waals surface area contributed by atoms with Gasteiger partial charge in [-0.3, -0.25) is 0 Å². The quantitative estimate of drug-likeness (QED) is 0.931. The Hall–Kier alpha value is -2.23. The van der Waals surface area contributed by atoms with E-state index >= 15 is 0 Å². The summed E-state index contributed by atoms with van der Waals surface area (Å²) in [7, 11) is 0. The maximum absolute atomic E-state index is 9.88. The number of phenols is 1. The van der Waals surface area contributed by atoms with E-state index in [0.717, 1.165) is 30.8 Å². The van der Waals surface area contributed by atoms with E-state index in [-0.39, 0.29) is 6.10 Å². The predicted octanol–water partition coefficient (Wildman–Crippen LogP) is 2.75. The fourth-order valence-electron chi connectivity index (χ4n) is 2.47. The van der Waals surface area contributed by atoms with Crippen molar-refractivity contribution in [3.05, 3.63) is 48.2 Å². The minimum atomic E-state index is 0.116. The second kappa shape index (κ2) is 5.41. The van der Waals surface area contributed by atoms with Crippen LogP contribution in [0.2, 0.25) is 0 Å². The van der Waals surface area contributed by atoms with Gasteiger partial charge in [-0.2, -0.15) is 0 Å². The smallest absolute Gasteiger partial charge is 0.213 e. The van der Waals surface area contributed by atoms with Crippen molar-refractivity contribution in [2.45, 2.75) is 19.4 Å². The van der Waals surface area contributed by atoms with Crippen molar-refractivity contribution >= 4 is 5.69 Å². The summed E-state index contributed by atoms with van der Waals surface area (Å²) in [5.41, 5.74) is 2.00. The Morgan fingerprint density at radius 2 is 2.10 bits per heavy atom. The summed E-state index contributed by atoms with van der Waals surface area (Å²) in [6, 6.07) is 11.3. The van der Waals surface area contributed by atoms with Crippen LogP contribution in [0.15, 0.2) is 42.6 Å². The number of phenolic OH excluding ortho intramolecular Hbond substituents is 1. The van der Waals surface area contributed by atoms with E-state index in [2.05, 4.69) is 9.88 Å². The lowest BCUT2D eigenvalue weighted by Gasteiger charge is -2.19. The summed E-state index contributed by atoms with van der Waals surface area (Å²) in [4.78, 5) is 6.41. The number of benzene rings is 1. The molecule has 1 atom stereocenters. The molecule has 1 aliphatic rings. The van der Waals surface area contributed by atoms with Crippen LogP contribution in [-0.2, 0) is 0 Å². The summed E-state index contributed by atoms with van der Waals surface area (Å²) >= 11 is 0. The number of pyridine rings is 1. The summed E-state index contributed by atoms with van der Waals surface area (Å²) in [5.74, 6) is 0.987. The predicted molar refractivity (Wildman–Crippen MR) is 78.3 cm³/mol. The number of aromatic nitrogens is 1. The SMILES string of the molecule is Cc1ccc(O[C@H]2CCN(c3ccccc3O)C2)nc1. The number of hydrogen-bond donors (Lipinski definition) is 1. The van der Waals surface area contributed by atoms with Gasteiger partial charge in [-0.05, 0) is 24.6 Å². The van der Waals surface area contributed by atoms with Gasteiger partial charge in [0.05, 0.1) is 12.2 Å². The van der Waals surface area contributed by atoms with Crippen LogP contribution in [0, 0.1) is 6.92 Å². The zero-order valence-corrected chi connectivity index (χ0v) is 11.5. The van der Waals surface area contributed by atoms with E-state index in [1.165, 1.54) is 0 Å². The lowest BCUT2D eigenvalue weighted by molar-refractivity contribution is 0.216. The first-order valence-electron chi connectivity index (χ1n) is 6.84. The van der Waals surface area contributed by atoms with Crippen molar-refractivity contribution in [1.29, 1.82) is 0 Å². The highest BCUT2D eigenvalue weighted by atomic mass is 16.5. The molecule has 0 saturated carbocycles. The molecule has 1 aliphatic heterocycles. The van der Waals surface area contributed by atoms with E-state index in [1.54, 1.807) is 6.07 Å². The van der Waals surface area contributed by atoms with Crippen LogP contribution in [-0.4, -0.2) is 29.3 Å². The average molecular weight is 270 g/mol. The van der Waals surface area contributed by atoms with Crippen molar-refractivity contribution in [2.24, 2.45) is 0 Å². The molecule has 0 spiro atoms. The molecular formula is C16H18N2O2.